The molecule has 5 nitrogen and oxygen atoms in total. The van der Waals surface area contributed by atoms with Crippen molar-refractivity contribution >= 4 is 16.0 Å². The number of sulfonamides is 1. The molecule has 112 valence electrons. The Morgan fingerprint density at radius 1 is 1.25 bits per heavy atom. The molecule has 20 heavy (non-hydrogen) atoms. The summed E-state index contributed by atoms with van der Waals surface area (Å²) in [4.78, 5) is 10.5. The number of aliphatic carboxylic acids is 1. The topological polar surface area (TPSA) is 86.3 Å². The van der Waals surface area contributed by atoms with E-state index in [-0.39, 0.29) is 10.3 Å². The molecular weight excluding hydrogens is 278 g/mol. The first kappa shape index (κ1) is 16.7. The first-order chi connectivity index (χ1) is 8.95. The molecule has 0 aliphatic rings. The van der Waals surface area contributed by atoms with Crippen LogP contribution in [0.4, 0.5) is 0 Å². The summed E-state index contributed by atoms with van der Waals surface area (Å²) in [5.74, 6) is -1.46. The molecule has 0 fully saturated rings. The van der Waals surface area contributed by atoms with E-state index in [1.54, 1.807) is 13.0 Å². The lowest BCUT2D eigenvalue weighted by Gasteiger charge is -2.22. The van der Waals surface area contributed by atoms with Crippen LogP contribution in [-0.4, -0.2) is 20.9 Å². The molecule has 0 unspecified atom stereocenters. The molecule has 0 amide bonds. The third-order valence-corrected chi connectivity index (χ3v) is 4.71. The van der Waals surface area contributed by atoms with E-state index in [0.717, 1.165) is 11.1 Å². The molecular formula is C14H20NO4S-. The lowest BCUT2D eigenvalue weighted by Crippen LogP contribution is -2.38. The third kappa shape index (κ3) is 3.80. The van der Waals surface area contributed by atoms with E-state index in [9.17, 15) is 18.3 Å². The van der Waals surface area contributed by atoms with Gasteiger partial charge in [-0.15, -0.1) is 0 Å². The monoisotopic (exact) mass is 298 g/mol. The van der Waals surface area contributed by atoms with Crippen LogP contribution in [0, 0.1) is 13.8 Å². The predicted molar refractivity (Wildman–Crippen MR) is 74.8 cm³/mol. The number of benzene rings is 1. The lowest BCUT2D eigenvalue weighted by atomic mass is 9.85. The average Bonchev–Trinajstić information content (AvgIpc) is 2.28. The number of carboxylic acid groups (broad SMARTS) is 1. The molecule has 0 bridgehead atoms. The lowest BCUT2D eigenvalue weighted by molar-refractivity contribution is -0.303. The molecule has 0 radical (unpaired) electrons. The predicted octanol–water partition coefficient (Wildman–Crippen LogP) is 0.629. The number of carbonyl (C=O) groups excluding carboxylic acids is 1. The van der Waals surface area contributed by atoms with Crippen molar-refractivity contribution in [3.63, 3.8) is 0 Å². The fourth-order valence-corrected chi connectivity index (χ4v) is 3.08. The van der Waals surface area contributed by atoms with Crippen molar-refractivity contribution in [1.82, 2.24) is 4.72 Å². The normalized spacial score (nSPS) is 12.4. The van der Waals surface area contributed by atoms with E-state index >= 15 is 0 Å². The van der Waals surface area contributed by atoms with E-state index in [2.05, 4.69) is 0 Å². The van der Waals surface area contributed by atoms with Gasteiger partial charge in [0, 0.05) is 0 Å². The molecule has 1 N–H and O–H groups in total. The van der Waals surface area contributed by atoms with E-state index in [1.165, 1.54) is 0 Å². The minimum Gasteiger partial charge on any atom is -0.549 e. The van der Waals surface area contributed by atoms with Crippen LogP contribution < -0.4 is 9.83 Å². The zero-order valence-electron chi connectivity index (χ0n) is 12.4. The van der Waals surface area contributed by atoms with E-state index < -0.39 is 22.5 Å². The average molecular weight is 298 g/mol. The van der Waals surface area contributed by atoms with Gasteiger partial charge in [-0.05, 0) is 42.0 Å². The van der Waals surface area contributed by atoms with Crippen molar-refractivity contribution in [2.75, 3.05) is 6.54 Å². The third-order valence-electron chi connectivity index (χ3n) is 3.18. The number of carboxylic acids is 1. The second kappa shape index (κ2) is 5.54. The van der Waals surface area contributed by atoms with Crippen LogP contribution in [0.5, 0.6) is 0 Å². The summed E-state index contributed by atoms with van der Waals surface area (Å²) in [6, 6.07) is 3.55. The molecule has 0 heterocycles. The Kier molecular flexibility index (Phi) is 4.61. The van der Waals surface area contributed by atoms with Gasteiger partial charge < -0.3 is 9.90 Å². The highest BCUT2D eigenvalue weighted by Gasteiger charge is 2.22. The second-order valence-electron chi connectivity index (χ2n) is 5.86. The van der Waals surface area contributed by atoms with Crippen LogP contribution in [0.3, 0.4) is 0 Å². The van der Waals surface area contributed by atoms with Gasteiger partial charge in [-0.25, -0.2) is 13.1 Å². The van der Waals surface area contributed by atoms with Crippen LogP contribution in [0.25, 0.3) is 0 Å². The Morgan fingerprint density at radius 3 is 2.25 bits per heavy atom. The van der Waals surface area contributed by atoms with E-state index in [1.807, 2.05) is 38.5 Å². The Bertz CT molecular complexity index is 627. The standard InChI is InChI=1S/C14H21NO4S/c1-9-6-11(14(3,4)5)7-12(10(9)2)20(18,19)15-8-13(16)17/h6-7,15H,8H2,1-5H3,(H,16,17)/p-1. The highest BCUT2D eigenvalue weighted by Crippen LogP contribution is 2.28. The maximum atomic E-state index is 12.2. The van der Waals surface area contributed by atoms with Crippen molar-refractivity contribution in [1.29, 1.82) is 0 Å². The van der Waals surface area contributed by atoms with Gasteiger partial charge in [-0.2, -0.15) is 0 Å². The zero-order valence-corrected chi connectivity index (χ0v) is 13.2. The van der Waals surface area contributed by atoms with Gasteiger partial charge in [0.05, 0.1) is 17.4 Å². The largest absolute Gasteiger partial charge is 0.549 e. The fraction of sp³-hybridized carbons (Fsp3) is 0.500. The number of nitrogens with one attached hydrogen (secondary N) is 1. The van der Waals surface area contributed by atoms with Crippen LogP contribution >= 0.6 is 0 Å². The highest BCUT2D eigenvalue weighted by atomic mass is 32.2. The van der Waals surface area contributed by atoms with Gasteiger partial charge in [-0.3, -0.25) is 0 Å². The maximum Gasteiger partial charge on any atom is 0.241 e. The molecule has 6 heteroatoms. The van der Waals surface area contributed by atoms with Gasteiger partial charge in [-0.1, -0.05) is 26.8 Å². The summed E-state index contributed by atoms with van der Waals surface area (Å²) in [5, 5.41) is 10.4. The first-order valence-corrected chi connectivity index (χ1v) is 7.74. The molecule has 0 spiro atoms. The van der Waals surface area contributed by atoms with Crippen LogP contribution in [0.15, 0.2) is 17.0 Å². The van der Waals surface area contributed by atoms with Crippen molar-refractivity contribution in [2.24, 2.45) is 0 Å². The van der Waals surface area contributed by atoms with Gasteiger partial charge in [0.15, 0.2) is 0 Å². The maximum absolute atomic E-state index is 12.2. The van der Waals surface area contributed by atoms with Crippen LogP contribution in [-0.2, 0) is 20.2 Å². The van der Waals surface area contributed by atoms with Gasteiger partial charge >= 0.3 is 0 Å². The Morgan fingerprint density at radius 2 is 1.80 bits per heavy atom. The number of hydrogen-bond acceptors (Lipinski definition) is 4. The SMILES string of the molecule is Cc1cc(C(C)(C)C)cc(S(=O)(=O)NCC(=O)[O-])c1C. The van der Waals surface area contributed by atoms with Crippen molar-refractivity contribution in [2.45, 2.75) is 44.9 Å². The van der Waals surface area contributed by atoms with E-state index in [0.29, 0.717) is 5.56 Å². The molecule has 1 aromatic carbocycles. The highest BCUT2D eigenvalue weighted by molar-refractivity contribution is 7.89. The first-order valence-electron chi connectivity index (χ1n) is 6.26. The quantitative estimate of drug-likeness (QED) is 0.883. The summed E-state index contributed by atoms with van der Waals surface area (Å²) in [6.07, 6.45) is 0. The van der Waals surface area contributed by atoms with Crippen LogP contribution in [0.1, 0.15) is 37.5 Å². The molecule has 0 aliphatic heterocycles. The number of hydrogen-bond donors (Lipinski definition) is 1. The molecule has 0 aliphatic carbocycles. The summed E-state index contributed by atoms with van der Waals surface area (Å²) >= 11 is 0. The summed E-state index contributed by atoms with van der Waals surface area (Å²) < 4.78 is 26.4. The molecule has 1 rings (SSSR count). The van der Waals surface area contributed by atoms with Gasteiger partial charge in [0.2, 0.25) is 10.0 Å². The molecule has 0 saturated carbocycles. The summed E-state index contributed by atoms with van der Waals surface area (Å²) in [5.41, 5.74) is 2.15. The van der Waals surface area contributed by atoms with Gasteiger partial charge in [0.25, 0.3) is 0 Å². The molecule has 0 atom stereocenters. The summed E-state index contributed by atoms with van der Waals surface area (Å²) in [7, 11) is -3.86. The van der Waals surface area contributed by atoms with Gasteiger partial charge in [0.1, 0.15) is 0 Å². The van der Waals surface area contributed by atoms with Crippen molar-refractivity contribution in [3.05, 3.63) is 28.8 Å². The molecule has 0 saturated heterocycles. The number of carbonyl (C=O) groups is 1. The Balaban J connectivity index is 3.37. The van der Waals surface area contributed by atoms with E-state index in [4.69, 9.17) is 0 Å². The van der Waals surface area contributed by atoms with Crippen molar-refractivity contribution < 1.29 is 18.3 Å². The van der Waals surface area contributed by atoms with Crippen molar-refractivity contribution in [3.8, 4) is 0 Å². The summed E-state index contributed by atoms with van der Waals surface area (Å²) in [6.45, 7) is 8.77. The molecule has 1 aromatic rings. The zero-order chi connectivity index (χ0) is 15.7. The Hall–Kier alpha value is -1.40. The molecule has 0 aromatic heterocycles. The van der Waals surface area contributed by atoms with Crippen LogP contribution in [0.2, 0.25) is 0 Å². The minimum atomic E-state index is -3.86. The fourth-order valence-electron chi connectivity index (χ4n) is 1.77. The number of rotatable bonds is 4. The number of aryl methyl sites for hydroxylation is 1. The second-order valence-corrected chi connectivity index (χ2v) is 7.60. The smallest absolute Gasteiger partial charge is 0.241 e. The minimum absolute atomic E-state index is 0.115. The Labute approximate surface area is 120 Å².